The van der Waals surface area contributed by atoms with Crippen LogP contribution in [0, 0.1) is 21.4 Å². The Morgan fingerprint density at radius 3 is 2.69 bits per heavy atom. The van der Waals surface area contributed by atoms with Crippen molar-refractivity contribution in [3.05, 3.63) is 39.9 Å². The van der Waals surface area contributed by atoms with E-state index in [2.05, 4.69) is 11.6 Å². The third-order valence-corrected chi connectivity index (χ3v) is 2.96. The number of sulfone groups is 1. The lowest BCUT2D eigenvalue weighted by Gasteiger charge is -2.00. The van der Waals surface area contributed by atoms with E-state index in [1.807, 2.05) is 0 Å². The zero-order chi connectivity index (χ0) is 12.3. The summed E-state index contributed by atoms with van der Waals surface area (Å²) in [6.45, 7) is 3.03. The molecule has 0 aromatic carbocycles. The van der Waals surface area contributed by atoms with Crippen LogP contribution in [0.1, 0.15) is 5.56 Å². The maximum absolute atomic E-state index is 11.4. The van der Waals surface area contributed by atoms with Crippen molar-refractivity contribution in [1.82, 2.24) is 4.98 Å². The monoisotopic (exact) mass is 239 g/mol. The Balaban J connectivity index is 3.73. The summed E-state index contributed by atoms with van der Waals surface area (Å²) in [6, 6.07) is 2.60. The molecule has 0 N–H and O–H groups in total. The maximum Gasteiger partial charge on any atom is 0.324 e. The first-order chi connectivity index (χ1) is 7.44. The Hall–Kier alpha value is -2.27. The average Bonchev–Trinajstić information content (AvgIpc) is 2.27. The predicted octanol–water partition coefficient (Wildman–Crippen LogP) is 0.779. The molecule has 1 aromatic heterocycles. The fraction of sp³-hybridized carbons (Fsp3) is 0. The summed E-state index contributed by atoms with van der Waals surface area (Å²) >= 11 is 0. The van der Waals surface area contributed by atoms with Gasteiger partial charge in [0.1, 0.15) is 11.6 Å². The van der Waals surface area contributed by atoms with E-state index in [1.54, 1.807) is 0 Å². The number of hydrogen-bond donors (Lipinski definition) is 0. The van der Waals surface area contributed by atoms with Gasteiger partial charge in [-0.3, -0.25) is 10.1 Å². The van der Waals surface area contributed by atoms with Crippen LogP contribution < -0.4 is 0 Å². The van der Waals surface area contributed by atoms with Crippen LogP contribution in [0.5, 0.6) is 0 Å². The van der Waals surface area contributed by atoms with Crippen LogP contribution >= 0.6 is 0 Å². The zero-order valence-electron chi connectivity index (χ0n) is 7.82. The molecule has 0 bridgehead atoms. The van der Waals surface area contributed by atoms with Crippen molar-refractivity contribution >= 4 is 15.5 Å². The van der Waals surface area contributed by atoms with Crippen LogP contribution in [0.4, 0.5) is 5.69 Å². The van der Waals surface area contributed by atoms with E-state index in [9.17, 15) is 18.5 Å². The summed E-state index contributed by atoms with van der Waals surface area (Å²) in [5.74, 6) is 0. The molecule has 0 unspecified atom stereocenters. The van der Waals surface area contributed by atoms with E-state index in [0.29, 0.717) is 5.41 Å². The number of nitro groups is 1. The van der Waals surface area contributed by atoms with Crippen molar-refractivity contribution < 1.29 is 13.3 Å². The van der Waals surface area contributed by atoms with Crippen molar-refractivity contribution in [3.63, 3.8) is 0 Å². The second-order valence-corrected chi connectivity index (χ2v) is 4.40. The van der Waals surface area contributed by atoms with Crippen molar-refractivity contribution in [1.29, 1.82) is 5.26 Å². The smallest absolute Gasteiger partial charge is 0.258 e. The molecule has 1 aromatic rings. The predicted molar refractivity (Wildman–Crippen MR) is 53.0 cm³/mol. The molecular weight excluding hydrogens is 234 g/mol. The fourth-order valence-corrected chi connectivity index (χ4v) is 1.81. The molecule has 82 valence electrons. The van der Waals surface area contributed by atoms with Crippen molar-refractivity contribution in [2.24, 2.45) is 0 Å². The van der Waals surface area contributed by atoms with Crippen LogP contribution in [-0.2, 0) is 9.84 Å². The van der Waals surface area contributed by atoms with Gasteiger partial charge in [0.05, 0.1) is 4.92 Å². The molecule has 7 nitrogen and oxygen atoms in total. The lowest BCUT2D eigenvalue weighted by Crippen LogP contribution is -2.06. The molecule has 0 saturated heterocycles. The van der Waals surface area contributed by atoms with Gasteiger partial charge in [0.25, 0.3) is 0 Å². The molecule has 0 aliphatic carbocycles. The molecule has 1 rings (SSSR count). The summed E-state index contributed by atoms with van der Waals surface area (Å²) < 4.78 is 22.8. The van der Waals surface area contributed by atoms with Gasteiger partial charge in [-0.2, -0.15) is 5.26 Å². The minimum atomic E-state index is -4.05. The normalized spacial score (nSPS) is 10.4. The first kappa shape index (κ1) is 11.8. The third-order valence-electron chi connectivity index (χ3n) is 1.68. The highest BCUT2D eigenvalue weighted by molar-refractivity contribution is 7.94. The van der Waals surface area contributed by atoms with Gasteiger partial charge in [-0.15, -0.1) is 0 Å². The summed E-state index contributed by atoms with van der Waals surface area (Å²) in [7, 11) is -4.05. The third kappa shape index (κ3) is 1.89. The molecule has 0 spiro atoms. The van der Waals surface area contributed by atoms with Gasteiger partial charge >= 0.3 is 5.69 Å². The molecule has 0 fully saturated rings. The number of nitrogens with zero attached hydrogens (tertiary/aromatic N) is 3. The molecule has 0 atom stereocenters. The maximum atomic E-state index is 11.4. The number of hydrogen-bond acceptors (Lipinski definition) is 6. The molecule has 16 heavy (non-hydrogen) atoms. The summed E-state index contributed by atoms with van der Waals surface area (Å²) in [5, 5.41) is 19.1. The first-order valence-corrected chi connectivity index (χ1v) is 5.39. The number of pyridine rings is 1. The van der Waals surface area contributed by atoms with Crippen LogP contribution in [0.3, 0.4) is 0 Å². The van der Waals surface area contributed by atoms with E-state index in [4.69, 9.17) is 5.26 Å². The molecule has 0 saturated carbocycles. The summed E-state index contributed by atoms with van der Waals surface area (Å²) in [5.41, 5.74) is -1.19. The summed E-state index contributed by atoms with van der Waals surface area (Å²) in [6.07, 6.45) is 1.02. The lowest BCUT2D eigenvalue weighted by atomic mass is 10.2. The highest BCUT2D eigenvalue weighted by Gasteiger charge is 2.28. The summed E-state index contributed by atoms with van der Waals surface area (Å²) in [4.78, 5) is 13.1. The van der Waals surface area contributed by atoms with Crippen molar-refractivity contribution in [2.45, 2.75) is 5.03 Å². The Kier molecular flexibility index (Phi) is 3.01. The second-order valence-electron chi connectivity index (χ2n) is 2.59. The number of rotatable bonds is 3. The fourth-order valence-electron chi connectivity index (χ4n) is 0.989. The van der Waals surface area contributed by atoms with E-state index in [0.717, 1.165) is 12.3 Å². The Bertz CT molecular complexity index is 600. The molecular formula is C8H5N3O4S. The van der Waals surface area contributed by atoms with Gasteiger partial charge in [-0.25, -0.2) is 13.4 Å². The number of aromatic nitrogens is 1. The first-order valence-electron chi connectivity index (χ1n) is 3.85. The van der Waals surface area contributed by atoms with Crippen molar-refractivity contribution in [3.8, 4) is 6.07 Å². The average molecular weight is 239 g/mol. The Morgan fingerprint density at radius 1 is 1.62 bits per heavy atom. The van der Waals surface area contributed by atoms with Gasteiger partial charge < -0.3 is 0 Å². The molecule has 0 radical (unpaired) electrons. The SMILES string of the molecule is C=CS(=O)(=O)c1nccc(C#N)c1[N+](=O)[O-]. The largest absolute Gasteiger partial charge is 0.324 e. The molecule has 1 heterocycles. The molecule has 0 aliphatic heterocycles. The standard InChI is InChI=1S/C8H5N3O4S/c1-2-16(14,15)8-7(11(12)13)6(5-9)3-4-10-8/h2-4H,1H2. The second kappa shape index (κ2) is 4.08. The van der Waals surface area contributed by atoms with Crippen LogP contribution in [0.2, 0.25) is 0 Å². The van der Waals surface area contributed by atoms with Crippen LogP contribution in [0.25, 0.3) is 0 Å². The van der Waals surface area contributed by atoms with E-state index in [-0.39, 0.29) is 5.56 Å². The number of nitriles is 1. The van der Waals surface area contributed by atoms with Gasteiger partial charge in [-0.05, 0) is 6.07 Å². The highest BCUT2D eigenvalue weighted by Crippen LogP contribution is 2.26. The van der Waals surface area contributed by atoms with Crippen molar-refractivity contribution in [2.75, 3.05) is 0 Å². The van der Waals surface area contributed by atoms with E-state index in [1.165, 1.54) is 6.07 Å². The van der Waals surface area contributed by atoms with Gasteiger partial charge in [0.2, 0.25) is 14.9 Å². The molecule has 8 heteroatoms. The molecule has 0 amide bonds. The van der Waals surface area contributed by atoms with Gasteiger partial charge in [0, 0.05) is 11.6 Å². The quantitative estimate of drug-likeness (QED) is 0.568. The van der Waals surface area contributed by atoms with Crippen LogP contribution in [-0.4, -0.2) is 18.3 Å². The van der Waals surface area contributed by atoms with Gasteiger partial charge in [-0.1, -0.05) is 6.58 Å². The van der Waals surface area contributed by atoms with E-state index < -0.39 is 25.5 Å². The highest BCUT2D eigenvalue weighted by atomic mass is 32.2. The van der Waals surface area contributed by atoms with Crippen LogP contribution in [0.15, 0.2) is 29.3 Å². The zero-order valence-corrected chi connectivity index (χ0v) is 8.64. The Morgan fingerprint density at radius 2 is 2.25 bits per heavy atom. The van der Waals surface area contributed by atoms with E-state index >= 15 is 0 Å². The topological polar surface area (TPSA) is 114 Å². The lowest BCUT2D eigenvalue weighted by molar-refractivity contribution is -0.388. The minimum Gasteiger partial charge on any atom is -0.258 e. The minimum absolute atomic E-state index is 0.361. The van der Waals surface area contributed by atoms with Gasteiger partial charge in [0.15, 0.2) is 0 Å². The molecule has 0 aliphatic rings. The Labute approximate surface area is 90.7 Å².